The Morgan fingerprint density at radius 2 is 1.81 bits per heavy atom. The summed E-state index contributed by atoms with van der Waals surface area (Å²) in [6.45, 7) is 5.44. The topological polar surface area (TPSA) is 64.0 Å². The standard InChI is InChI=1S/C22H27Cl2N3O2S2/c1-3-5-11-25-31(28,29)17-8-10-21-20(14-17)26-22(27(21)12-6-4-2)30-15-16-7-9-18(23)19(24)13-16/h7-10,13-14,25H,3-6,11-12,15H2,1-2H3. The molecule has 3 rings (SSSR count). The van der Waals surface area contributed by atoms with Crippen molar-refractivity contribution in [3.63, 3.8) is 0 Å². The van der Waals surface area contributed by atoms with Gasteiger partial charge in [-0.05, 0) is 48.7 Å². The molecule has 5 nitrogen and oxygen atoms in total. The third-order valence-corrected chi connectivity index (χ3v) is 8.15. The van der Waals surface area contributed by atoms with Gasteiger partial charge in [0.05, 0.1) is 26.0 Å². The van der Waals surface area contributed by atoms with Gasteiger partial charge in [0.15, 0.2) is 5.16 Å². The van der Waals surface area contributed by atoms with Gasteiger partial charge in [-0.25, -0.2) is 18.1 Å². The van der Waals surface area contributed by atoms with Crippen LogP contribution in [0.15, 0.2) is 46.5 Å². The summed E-state index contributed by atoms with van der Waals surface area (Å²) in [7, 11) is -3.54. The fraction of sp³-hybridized carbons (Fsp3) is 0.409. The molecule has 2 aromatic carbocycles. The number of nitrogens with zero attached hydrogens (tertiary/aromatic N) is 2. The first kappa shape index (κ1) is 24.4. The molecular formula is C22H27Cl2N3O2S2. The first-order chi connectivity index (χ1) is 14.9. The summed E-state index contributed by atoms with van der Waals surface area (Å²) in [5, 5.41) is 1.93. The number of rotatable bonds is 11. The Morgan fingerprint density at radius 3 is 2.52 bits per heavy atom. The Kier molecular flexibility index (Phi) is 8.70. The van der Waals surface area contributed by atoms with Gasteiger partial charge in [-0.2, -0.15) is 0 Å². The zero-order chi connectivity index (χ0) is 22.4. The molecule has 9 heteroatoms. The van der Waals surface area contributed by atoms with Crippen LogP contribution in [0.1, 0.15) is 45.1 Å². The zero-order valence-electron chi connectivity index (χ0n) is 17.7. The van der Waals surface area contributed by atoms with Crippen LogP contribution in [-0.4, -0.2) is 24.5 Å². The lowest BCUT2D eigenvalue weighted by atomic mass is 10.2. The molecule has 0 fully saturated rings. The van der Waals surface area contributed by atoms with Gasteiger partial charge in [-0.15, -0.1) is 0 Å². The second-order valence-electron chi connectivity index (χ2n) is 7.34. The van der Waals surface area contributed by atoms with Crippen LogP contribution >= 0.6 is 35.0 Å². The van der Waals surface area contributed by atoms with Gasteiger partial charge >= 0.3 is 0 Å². The molecule has 168 valence electrons. The lowest BCUT2D eigenvalue weighted by Crippen LogP contribution is -2.24. The predicted octanol–water partition coefficient (Wildman–Crippen LogP) is 6.51. The van der Waals surface area contributed by atoms with Crippen LogP contribution in [0.25, 0.3) is 11.0 Å². The van der Waals surface area contributed by atoms with E-state index in [4.69, 9.17) is 28.2 Å². The first-order valence-electron chi connectivity index (χ1n) is 10.4. The quantitative estimate of drug-likeness (QED) is 0.241. The minimum Gasteiger partial charge on any atom is -0.319 e. The van der Waals surface area contributed by atoms with E-state index < -0.39 is 10.0 Å². The lowest BCUT2D eigenvalue weighted by molar-refractivity contribution is 0.578. The van der Waals surface area contributed by atoms with Crippen LogP contribution in [0, 0.1) is 0 Å². The fourth-order valence-electron chi connectivity index (χ4n) is 3.14. The highest BCUT2D eigenvalue weighted by molar-refractivity contribution is 7.98. The number of thioether (sulfide) groups is 1. The molecule has 31 heavy (non-hydrogen) atoms. The first-order valence-corrected chi connectivity index (χ1v) is 13.6. The van der Waals surface area contributed by atoms with E-state index in [0.29, 0.717) is 27.9 Å². The molecule has 0 radical (unpaired) electrons. The van der Waals surface area contributed by atoms with Crippen LogP contribution in [0.3, 0.4) is 0 Å². The summed E-state index contributed by atoms with van der Waals surface area (Å²) in [4.78, 5) is 5.01. The summed E-state index contributed by atoms with van der Waals surface area (Å²) in [5.74, 6) is 0.691. The Hall–Kier alpha value is -1.25. The number of sulfonamides is 1. The number of aromatic nitrogens is 2. The van der Waals surface area contributed by atoms with Crippen molar-refractivity contribution in [2.24, 2.45) is 0 Å². The molecule has 0 spiro atoms. The maximum absolute atomic E-state index is 12.6. The Bertz CT molecular complexity index is 1150. The number of imidazole rings is 1. The van der Waals surface area contributed by atoms with E-state index in [1.807, 2.05) is 25.1 Å². The Balaban J connectivity index is 1.89. The number of hydrogen-bond donors (Lipinski definition) is 1. The van der Waals surface area contributed by atoms with E-state index in [1.54, 1.807) is 30.0 Å². The van der Waals surface area contributed by atoms with E-state index in [0.717, 1.165) is 48.5 Å². The molecule has 0 amide bonds. The molecule has 1 heterocycles. The van der Waals surface area contributed by atoms with E-state index in [2.05, 4.69) is 16.2 Å². The van der Waals surface area contributed by atoms with E-state index in [1.165, 1.54) is 0 Å². The van der Waals surface area contributed by atoms with Crippen molar-refractivity contribution >= 4 is 56.0 Å². The van der Waals surface area contributed by atoms with Gasteiger partial charge in [-0.1, -0.05) is 67.7 Å². The smallest absolute Gasteiger partial charge is 0.240 e. The molecule has 3 aromatic rings. The summed E-state index contributed by atoms with van der Waals surface area (Å²) in [6, 6.07) is 10.8. The number of hydrogen-bond acceptors (Lipinski definition) is 4. The second kappa shape index (κ2) is 11.1. The third kappa shape index (κ3) is 6.17. The van der Waals surface area contributed by atoms with Crippen LogP contribution in [0.2, 0.25) is 10.0 Å². The highest BCUT2D eigenvalue weighted by atomic mass is 35.5. The van der Waals surface area contributed by atoms with Crippen molar-refractivity contribution in [3.8, 4) is 0 Å². The Labute approximate surface area is 198 Å². The maximum Gasteiger partial charge on any atom is 0.240 e. The Morgan fingerprint density at radius 1 is 1.03 bits per heavy atom. The van der Waals surface area contributed by atoms with Crippen LogP contribution in [-0.2, 0) is 22.3 Å². The van der Waals surface area contributed by atoms with Crippen molar-refractivity contribution in [3.05, 3.63) is 52.0 Å². The molecule has 0 atom stereocenters. The van der Waals surface area contributed by atoms with Gasteiger partial charge in [0.25, 0.3) is 0 Å². The number of benzene rings is 2. The summed E-state index contributed by atoms with van der Waals surface area (Å²) < 4.78 is 30.1. The highest BCUT2D eigenvalue weighted by Crippen LogP contribution is 2.30. The van der Waals surface area contributed by atoms with Crippen molar-refractivity contribution in [2.45, 2.75) is 61.9 Å². The molecule has 1 N–H and O–H groups in total. The maximum atomic E-state index is 12.6. The molecule has 1 aromatic heterocycles. The molecular weight excluding hydrogens is 473 g/mol. The van der Waals surface area contributed by atoms with Crippen molar-refractivity contribution in [1.82, 2.24) is 14.3 Å². The average Bonchev–Trinajstić information content (AvgIpc) is 3.09. The van der Waals surface area contributed by atoms with Gasteiger partial charge in [0, 0.05) is 18.8 Å². The average molecular weight is 501 g/mol. The van der Waals surface area contributed by atoms with Crippen LogP contribution < -0.4 is 4.72 Å². The third-order valence-electron chi connectivity index (χ3n) is 4.90. The molecule has 0 aliphatic rings. The van der Waals surface area contributed by atoms with Gasteiger partial charge in [-0.3, -0.25) is 0 Å². The van der Waals surface area contributed by atoms with Gasteiger partial charge < -0.3 is 4.57 Å². The van der Waals surface area contributed by atoms with E-state index in [-0.39, 0.29) is 4.90 Å². The summed E-state index contributed by atoms with van der Waals surface area (Å²) in [6.07, 6.45) is 3.82. The molecule has 0 saturated carbocycles. The molecule has 0 unspecified atom stereocenters. The number of fused-ring (bicyclic) bond motifs is 1. The minimum atomic E-state index is -3.54. The summed E-state index contributed by atoms with van der Waals surface area (Å²) in [5.41, 5.74) is 2.68. The molecule has 0 bridgehead atoms. The minimum absolute atomic E-state index is 0.247. The monoisotopic (exact) mass is 499 g/mol. The lowest BCUT2D eigenvalue weighted by Gasteiger charge is -2.09. The zero-order valence-corrected chi connectivity index (χ0v) is 20.8. The normalized spacial score (nSPS) is 12.0. The fourth-order valence-corrected chi connectivity index (χ4v) is 5.54. The van der Waals surface area contributed by atoms with E-state index in [9.17, 15) is 8.42 Å². The van der Waals surface area contributed by atoms with Crippen molar-refractivity contribution in [1.29, 1.82) is 0 Å². The van der Waals surface area contributed by atoms with Gasteiger partial charge in [0.1, 0.15) is 0 Å². The SMILES string of the molecule is CCCCNS(=O)(=O)c1ccc2c(c1)nc(SCc1ccc(Cl)c(Cl)c1)n2CCCC. The largest absolute Gasteiger partial charge is 0.319 e. The molecule has 0 aliphatic carbocycles. The van der Waals surface area contributed by atoms with Crippen LogP contribution in [0.4, 0.5) is 0 Å². The van der Waals surface area contributed by atoms with Crippen LogP contribution in [0.5, 0.6) is 0 Å². The predicted molar refractivity (Wildman–Crippen MR) is 131 cm³/mol. The number of unbranched alkanes of at least 4 members (excludes halogenated alkanes) is 2. The van der Waals surface area contributed by atoms with Gasteiger partial charge in [0.2, 0.25) is 10.0 Å². The molecule has 0 aliphatic heterocycles. The van der Waals surface area contributed by atoms with Crippen molar-refractivity contribution in [2.75, 3.05) is 6.54 Å². The highest BCUT2D eigenvalue weighted by Gasteiger charge is 2.17. The second-order valence-corrected chi connectivity index (χ2v) is 10.9. The number of halogens is 2. The molecule has 0 saturated heterocycles. The number of nitrogens with one attached hydrogen (secondary N) is 1. The summed E-state index contributed by atoms with van der Waals surface area (Å²) >= 11 is 13.8. The number of aryl methyl sites for hydroxylation is 1. The van der Waals surface area contributed by atoms with Crippen molar-refractivity contribution < 1.29 is 8.42 Å². The van der Waals surface area contributed by atoms with E-state index >= 15 is 0 Å².